The molecule has 1 rings (SSSR count). The van der Waals surface area contributed by atoms with E-state index in [2.05, 4.69) is 5.92 Å². The van der Waals surface area contributed by atoms with Crippen molar-refractivity contribution in [3.05, 3.63) is 0 Å². The molecule has 0 N–H and O–H groups in total. The van der Waals surface area contributed by atoms with E-state index in [-0.39, 0.29) is 0 Å². The van der Waals surface area contributed by atoms with Gasteiger partial charge in [0.15, 0.2) is 0 Å². The fourth-order valence-corrected chi connectivity index (χ4v) is 1.56. The van der Waals surface area contributed by atoms with Gasteiger partial charge in [0.25, 0.3) is 0 Å². The first kappa shape index (κ1) is 10.3. The Hall–Kier alpha value is -0.810. The van der Waals surface area contributed by atoms with E-state index in [4.69, 9.17) is 11.2 Å². The Morgan fingerprint density at radius 3 is 3.08 bits per heavy atom. The molecule has 0 aromatic heterocycles. The molecule has 0 bridgehead atoms. The number of carbonyl (C=O) groups excluding carboxylic acids is 1. The molecule has 0 amide bonds. The van der Waals surface area contributed by atoms with Crippen LogP contribution in [0.3, 0.4) is 0 Å². The number of ketones is 1. The van der Waals surface area contributed by atoms with Crippen molar-refractivity contribution in [2.24, 2.45) is 5.92 Å². The Labute approximate surface area is 79.7 Å². The number of terminal acetylenes is 1. The van der Waals surface area contributed by atoms with E-state index >= 15 is 0 Å². The Balaban J connectivity index is 2.07. The van der Waals surface area contributed by atoms with Crippen molar-refractivity contribution < 1.29 is 9.53 Å². The van der Waals surface area contributed by atoms with Crippen molar-refractivity contribution >= 4 is 5.78 Å². The zero-order valence-electron chi connectivity index (χ0n) is 7.92. The van der Waals surface area contributed by atoms with Crippen LogP contribution in [0.15, 0.2) is 0 Å². The van der Waals surface area contributed by atoms with Gasteiger partial charge in [0.1, 0.15) is 5.78 Å². The summed E-state index contributed by atoms with van der Waals surface area (Å²) in [5.74, 6) is 3.35. The van der Waals surface area contributed by atoms with E-state index in [1.165, 1.54) is 0 Å². The lowest BCUT2D eigenvalue weighted by Gasteiger charge is -2.04. The molecule has 1 atom stereocenters. The van der Waals surface area contributed by atoms with Crippen molar-refractivity contribution in [3.63, 3.8) is 0 Å². The van der Waals surface area contributed by atoms with Crippen LogP contribution in [0.5, 0.6) is 0 Å². The van der Waals surface area contributed by atoms with Gasteiger partial charge in [-0.25, -0.2) is 0 Å². The maximum Gasteiger partial charge on any atom is 0.133 e. The van der Waals surface area contributed by atoms with Crippen molar-refractivity contribution in [1.29, 1.82) is 0 Å². The molecule has 0 aromatic rings. The van der Waals surface area contributed by atoms with Crippen LogP contribution in [0.1, 0.15) is 32.1 Å². The summed E-state index contributed by atoms with van der Waals surface area (Å²) in [5, 5.41) is 0. The number of hydrogen-bond acceptors (Lipinski definition) is 2. The third kappa shape index (κ3) is 4.10. The van der Waals surface area contributed by atoms with Crippen LogP contribution < -0.4 is 0 Å². The van der Waals surface area contributed by atoms with Crippen molar-refractivity contribution in [2.75, 3.05) is 13.2 Å². The van der Waals surface area contributed by atoms with E-state index in [1.54, 1.807) is 0 Å². The quantitative estimate of drug-likeness (QED) is 0.476. The fraction of sp³-hybridized carbons (Fsp3) is 0.727. The molecule has 13 heavy (non-hydrogen) atoms. The lowest BCUT2D eigenvalue weighted by molar-refractivity contribution is -0.120. The van der Waals surface area contributed by atoms with Crippen LogP contribution in [0.25, 0.3) is 0 Å². The van der Waals surface area contributed by atoms with Gasteiger partial charge in [-0.2, -0.15) is 0 Å². The first-order valence-electron chi connectivity index (χ1n) is 4.86. The predicted molar refractivity (Wildman–Crippen MR) is 51.2 cm³/mol. The summed E-state index contributed by atoms with van der Waals surface area (Å²) in [5.41, 5.74) is 0. The van der Waals surface area contributed by atoms with Gasteiger partial charge in [0, 0.05) is 32.5 Å². The molecule has 1 unspecified atom stereocenters. The molecule has 1 heterocycles. The summed E-state index contributed by atoms with van der Waals surface area (Å²) in [6.45, 7) is 1.59. The van der Waals surface area contributed by atoms with Gasteiger partial charge < -0.3 is 4.74 Å². The maximum absolute atomic E-state index is 11.3. The molecule has 2 heteroatoms. The minimum Gasteiger partial charge on any atom is -0.381 e. The SMILES string of the molecule is C#CCCCC(=O)CC1CCOC1. The van der Waals surface area contributed by atoms with E-state index in [0.29, 0.717) is 31.0 Å². The van der Waals surface area contributed by atoms with Crippen LogP contribution in [-0.2, 0) is 9.53 Å². The summed E-state index contributed by atoms with van der Waals surface area (Å²) >= 11 is 0. The highest BCUT2D eigenvalue weighted by Crippen LogP contribution is 2.17. The largest absolute Gasteiger partial charge is 0.381 e. The molecule has 1 aliphatic rings. The Bertz CT molecular complexity index is 197. The van der Waals surface area contributed by atoms with Crippen molar-refractivity contribution in [3.8, 4) is 12.3 Å². The molecular weight excluding hydrogens is 164 g/mol. The Morgan fingerprint density at radius 2 is 2.46 bits per heavy atom. The molecule has 0 aliphatic carbocycles. The summed E-state index contributed by atoms with van der Waals surface area (Å²) in [6, 6.07) is 0. The topological polar surface area (TPSA) is 26.3 Å². The van der Waals surface area contributed by atoms with Crippen LogP contribution in [0.2, 0.25) is 0 Å². The standard InChI is InChI=1S/C11H16O2/c1-2-3-4-5-11(12)8-10-6-7-13-9-10/h1,10H,3-9H2. The molecule has 72 valence electrons. The Kier molecular flexibility index (Phi) is 4.56. The van der Waals surface area contributed by atoms with E-state index < -0.39 is 0 Å². The van der Waals surface area contributed by atoms with Crippen LogP contribution in [0.4, 0.5) is 0 Å². The number of unbranched alkanes of at least 4 members (excludes halogenated alkanes) is 1. The highest BCUT2D eigenvalue weighted by molar-refractivity contribution is 5.78. The first-order valence-corrected chi connectivity index (χ1v) is 4.86. The number of carbonyl (C=O) groups is 1. The van der Waals surface area contributed by atoms with Crippen LogP contribution in [-0.4, -0.2) is 19.0 Å². The minimum atomic E-state index is 0.339. The average Bonchev–Trinajstić information content (AvgIpc) is 2.57. The average molecular weight is 180 g/mol. The highest BCUT2D eigenvalue weighted by atomic mass is 16.5. The molecule has 0 spiro atoms. The summed E-state index contributed by atoms with van der Waals surface area (Å²) in [6.07, 6.45) is 9.02. The zero-order valence-corrected chi connectivity index (χ0v) is 7.92. The fourth-order valence-electron chi connectivity index (χ4n) is 1.56. The van der Waals surface area contributed by atoms with Gasteiger partial charge in [-0.15, -0.1) is 12.3 Å². The van der Waals surface area contributed by atoms with Crippen molar-refractivity contribution in [1.82, 2.24) is 0 Å². The monoisotopic (exact) mass is 180 g/mol. The van der Waals surface area contributed by atoms with Gasteiger partial charge in [0.05, 0.1) is 0 Å². The molecule has 1 fully saturated rings. The van der Waals surface area contributed by atoms with Crippen LogP contribution >= 0.6 is 0 Å². The minimum absolute atomic E-state index is 0.339. The molecular formula is C11H16O2. The van der Waals surface area contributed by atoms with E-state index in [1.807, 2.05) is 0 Å². The normalized spacial score (nSPS) is 21.3. The number of rotatable bonds is 5. The third-order valence-electron chi connectivity index (χ3n) is 2.32. The third-order valence-corrected chi connectivity index (χ3v) is 2.32. The zero-order chi connectivity index (χ0) is 9.52. The molecule has 0 saturated carbocycles. The second kappa shape index (κ2) is 5.77. The van der Waals surface area contributed by atoms with Gasteiger partial charge in [-0.05, 0) is 18.8 Å². The van der Waals surface area contributed by atoms with Gasteiger partial charge >= 0.3 is 0 Å². The lowest BCUT2D eigenvalue weighted by atomic mass is 9.99. The summed E-state index contributed by atoms with van der Waals surface area (Å²) in [7, 11) is 0. The van der Waals surface area contributed by atoms with E-state index in [9.17, 15) is 4.79 Å². The maximum atomic E-state index is 11.3. The number of Topliss-reactive ketones (excluding diaryl/α,β-unsaturated/α-hetero) is 1. The first-order chi connectivity index (χ1) is 6.33. The second-order valence-electron chi connectivity index (χ2n) is 3.53. The molecule has 0 radical (unpaired) electrons. The molecule has 1 aliphatic heterocycles. The second-order valence-corrected chi connectivity index (χ2v) is 3.53. The van der Waals surface area contributed by atoms with Gasteiger partial charge in [0.2, 0.25) is 0 Å². The molecule has 1 saturated heterocycles. The predicted octanol–water partition coefficient (Wildman–Crippen LogP) is 1.79. The Morgan fingerprint density at radius 1 is 1.62 bits per heavy atom. The summed E-state index contributed by atoms with van der Waals surface area (Å²) in [4.78, 5) is 11.3. The molecule has 0 aromatic carbocycles. The lowest BCUT2D eigenvalue weighted by Crippen LogP contribution is -2.07. The van der Waals surface area contributed by atoms with E-state index in [0.717, 1.165) is 26.1 Å². The smallest absolute Gasteiger partial charge is 0.133 e. The number of hydrogen-bond donors (Lipinski definition) is 0. The summed E-state index contributed by atoms with van der Waals surface area (Å²) < 4.78 is 5.20. The van der Waals surface area contributed by atoms with Gasteiger partial charge in [-0.1, -0.05) is 0 Å². The van der Waals surface area contributed by atoms with Gasteiger partial charge in [-0.3, -0.25) is 4.79 Å². The number of ether oxygens (including phenoxy) is 1. The van der Waals surface area contributed by atoms with Crippen LogP contribution in [0, 0.1) is 18.3 Å². The van der Waals surface area contributed by atoms with Crippen molar-refractivity contribution in [2.45, 2.75) is 32.1 Å². The molecule has 2 nitrogen and oxygen atoms in total. The highest BCUT2D eigenvalue weighted by Gasteiger charge is 2.18.